The average molecular weight is 202 g/mol. The topological polar surface area (TPSA) is 81.6 Å². The predicted molar refractivity (Wildman–Crippen MR) is 51.7 cm³/mol. The summed E-state index contributed by atoms with van der Waals surface area (Å²) in [7, 11) is 0. The molecule has 5 heteroatoms. The van der Waals surface area contributed by atoms with Crippen LogP contribution >= 0.6 is 0 Å². The third-order valence-corrected chi connectivity index (χ3v) is 2.61. The summed E-state index contributed by atoms with van der Waals surface area (Å²) in [5.41, 5.74) is 0. The molecule has 4 atom stereocenters. The van der Waals surface area contributed by atoms with Crippen molar-refractivity contribution < 1.29 is 15.0 Å². The van der Waals surface area contributed by atoms with Crippen LogP contribution in [0.2, 0.25) is 0 Å². The molecule has 1 fully saturated rings. The first-order valence-electron chi connectivity index (χ1n) is 4.93. The second-order valence-electron chi connectivity index (χ2n) is 3.71. The minimum atomic E-state index is -0.799. The van der Waals surface area contributed by atoms with Gasteiger partial charge in [-0.05, 0) is 6.42 Å². The summed E-state index contributed by atoms with van der Waals surface area (Å²) < 4.78 is 0. The van der Waals surface area contributed by atoms with Crippen molar-refractivity contribution in [3.8, 4) is 0 Å². The monoisotopic (exact) mass is 202 g/mol. The number of hydrogen-bond acceptors (Lipinski definition) is 4. The summed E-state index contributed by atoms with van der Waals surface area (Å²) in [4.78, 5) is 10.7. The maximum Gasteiger partial charge on any atom is 0.216 e. The van der Waals surface area contributed by atoms with Gasteiger partial charge in [-0.25, -0.2) is 0 Å². The Hall–Kier alpha value is -0.650. The van der Waals surface area contributed by atoms with E-state index in [0.717, 1.165) is 6.42 Å². The molecule has 0 aromatic carbocycles. The maximum atomic E-state index is 10.7. The number of hydrogen-bond donors (Lipinski definition) is 4. The van der Waals surface area contributed by atoms with Crippen molar-refractivity contribution >= 4 is 5.91 Å². The lowest BCUT2D eigenvalue weighted by Gasteiger charge is -2.15. The molecule has 0 aliphatic carbocycles. The molecule has 4 N–H and O–H groups in total. The number of carbonyl (C=O) groups excluding carboxylic acids is 1. The van der Waals surface area contributed by atoms with Gasteiger partial charge in [0.15, 0.2) is 0 Å². The first kappa shape index (κ1) is 11.4. The van der Waals surface area contributed by atoms with Gasteiger partial charge in [-0.1, -0.05) is 6.92 Å². The molecular formula is C9H18N2O3. The number of nitrogens with one attached hydrogen (secondary N) is 2. The Morgan fingerprint density at radius 1 is 1.36 bits per heavy atom. The van der Waals surface area contributed by atoms with Crippen molar-refractivity contribution in [2.24, 2.45) is 0 Å². The molecule has 0 bridgehead atoms. The van der Waals surface area contributed by atoms with Crippen LogP contribution in [0.3, 0.4) is 0 Å². The van der Waals surface area contributed by atoms with Gasteiger partial charge in [0.2, 0.25) is 5.91 Å². The van der Waals surface area contributed by atoms with Crippen LogP contribution in [0, 0.1) is 0 Å². The van der Waals surface area contributed by atoms with Crippen molar-refractivity contribution in [2.75, 3.05) is 6.54 Å². The van der Waals surface area contributed by atoms with Gasteiger partial charge in [0, 0.05) is 19.5 Å². The predicted octanol–water partition coefficient (Wildman–Crippen LogP) is -1.41. The van der Waals surface area contributed by atoms with Crippen LogP contribution in [0.5, 0.6) is 0 Å². The van der Waals surface area contributed by atoms with Crippen LogP contribution < -0.4 is 10.6 Å². The third kappa shape index (κ3) is 2.43. The molecule has 0 radical (unpaired) electrons. The number of amides is 1. The highest BCUT2D eigenvalue weighted by molar-refractivity contribution is 5.72. The average Bonchev–Trinajstić information content (AvgIpc) is 2.41. The standard InChI is InChI=1S/C9H18N2O3/c1-3-6-8(13)9(14)7(11-6)4-10-5(2)12/h6-9,11,13-14H,3-4H2,1-2H3,(H,10,12)/t6-,7-,8-,9-/m1/s1. The summed E-state index contributed by atoms with van der Waals surface area (Å²) in [6.45, 7) is 3.72. The molecule has 14 heavy (non-hydrogen) atoms. The van der Waals surface area contributed by atoms with Gasteiger partial charge in [-0.15, -0.1) is 0 Å². The third-order valence-electron chi connectivity index (χ3n) is 2.61. The molecule has 0 saturated carbocycles. The molecule has 1 aliphatic heterocycles. The highest BCUT2D eigenvalue weighted by Gasteiger charge is 2.39. The Labute approximate surface area is 83.5 Å². The highest BCUT2D eigenvalue weighted by atomic mass is 16.3. The fourth-order valence-corrected chi connectivity index (χ4v) is 1.74. The minimum Gasteiger partial charge on any atom is -0.389 e. The van der Waals surface area contributed by atoms with Crippen LogP contribution in [0.1, 0.15) is 20.3 Å². The van der Waals surface area contributed by atoms with Crippen LogP contribution in [0.25, 0.3) is 0 Å². The summed E-state index contributed by atoms with van der Waals surface area (Å²) in [5, 5.41) is 24.9. The second-order valence-corrected chi connectivity index (χ2v) is 3.71. The van der Waals surface area contributed by atoms with E-state index in [2.05, 4.69) is 10.6 Å². The van der Waals surface area contributed by atoms with E-state index >= 15 is 0 Å². The van der Waals surface area contributed by atoms with Gasteiger partial charge in [0.05, 0.1) is 18.2 Å². The molecule has 1 heterocycles. The zero-order chi connectivity index (χ0) is 10.7. The van der Waals surface area contributed by atoms with E-state index in [1.165, 1.54) is 6.92 Å². The Balaban J connectivity index is 2.44. The van der Waals surface area contributed by atoms with Crippen LogP contribution in [0.4, 0.5) is 0 Å². The highest BCUT2D eigenvalue weighted by Crippen LogP contribution is 2.16. The van der Waals surface area contributed by atoms with Crippen molar-refractivity contribution in [2.45, 2.75) is 44.6 Å². The Morgan fingerprint density at radius 3 is 2.36 bits per heavy atom. The Kier molecular flexibility index (Phi) is 3.86. The van der Waals surface area contributed by atoms with Gasteiger partial charge in [0.1, 0.15) is 0 Å². The van der Waals surface area contributed by atoms with E-state index in [1.54, 1.807) is 0 Å². The fraction of sp³-hybridized carbons (Fsp3) is 0.889. The van der Waals surface area contributed by atoms with Crippen LogP contribution in [-0.2, 0) is 4.79 Å². The summed E-state index contributed by atoms with van der Waals surface area (Å²) in [6.07, 6.45) is -0.778. The molecule has 82 valence electrons. The normalized spacial score (nSPS) is 37.1. The van der Waals surface area contributed by atoms with Crippen molar-refractivity contribution in [1.29, 1.82) is 0 Å². The molecule has 5 nitrogen and oxygen atoms in total. The SMILES string of the molecule is CC[C@H]1N[C@H](CNC(C)=O)[C@@H](O)[C@@H]1O. The Bertz CT molecular complexity index is 210. The molecular weight excluding hydrogens is 184 g/mol. The molecule has 1 aliphatic rings. The molecule has 0 unspecified atom stereocenters. The van der Waals surface area contributed by atoms with Crippen molar-refractivity contribution in [3.05, 3.63) is 0 Å². The molecule has 0 spiro atoms. The van der Waals surface area contributed by atoms with Gasteiger partial charge >= 0.3 is 0 Å². The first-order chi connectivity index (χ1) is 6.56. The van der Waals surface area contributed by atoms with Crippen molar-refractivity contribution in [1.82, 2.24) is 10.6 Å². The second kappa shape index (κ2) is 4.72. The smallest absolute Gasteiger partial charge is 0.216 e. The van der Waals surface area contributed by atoms with Gasteiger partial charge in [-0.2, -0.15) is 0 Å². The first-order valence-corrected chi connectivity index (χ1v) is 4.93. The minimum absolute atomic E-state index is 0.0799. The fourth-order valence-electron chi connectivity index (χ4n) is 1.74. The van der Waals surface area contributed by atoms with Crippen LogP contribution in [0.15, 0.2) is 0 Å². The lowest BCUT2D eigenvalue weighted by Crippen LogP contribution is -2.43. The zero-order valence-electron chi connectivity index (χ0n) is 8.53. The molecule has 0 aromatic heterocycles. The lowest BCUT2D eigenvalue weighted by molar-refractivity contribution is -0.119. The van der Waals surface area contributed by atoms with E-state index < -0.39 is 12.2 Å². The summed E-state index contributed by atoms with van der Waals surface area (Å²) in [6, 6.07) is -0.331. The largest absolute Gasteiger partial charge is 0.389 e. The number of rotatable bonds is 3. The molecule has 1 saturated heterocycles. The summed E-state index contributed by atoms with van der Waals surface area (Å²) in [5.74, 6) is -0.131. The number of aliphatic hydroxyl groups excluding tert-OH is 2. The molecule has 0 aromatic rings. The number of aliphatic hydroxyl groups is 2. The van der Waals surface area contributed by atoms with E-state index in [1.807, 2.05) is 6.92 Å². The quantitative estimate of drug-likeness (QED) is 0.453. The van der Waals surface area contributed by atoms with Crippen LogP contribution in [-0.4, -0.2) is 47.0 Å². The summed E-state index contributed by atoms with van der Waals surface area (Å²) >= 11 is 0. The zero-order valence-corrected chi connectivity index (χ0v) is 8.53. The van der Waals surface area contributed by atoms with Gasteiger partial charge in [-0.3, -0.25) is 4.79 Å². The van der Waals surface area contributed by atoms with Gasteiger partial charge < -0.3 is 20.8 Å². The Morgan fingerprint density at radius 2 is 1.93 bits per heavy atom. The molecule has 1 amide bonds. The van der Waals surface area contributed by atoms with E-state index in [0.29, 0.717) is 6.54 Å². The van der Waals surface area contributed by atoms with E-state index in [-0.39, 0.29) is 18.0 Å². The van der Waals surface area contributed by atoms with Crippen molar-refractivity contribution in [3.63, 3.8) is 0 Å². The molecule has 1 rings (SSSR count). The van der Waals surface area contributed by atoms with E-state index in [4.69, 9.17) is 0 Å². The maximum absolute atomic E-state index is 10.7. The number of carbonyl (C=O) groups is 1. The van der Waals surface area contributed by atoms with Gasteiger partial charge in [0.25, 0.3) is 0 Å². The van der Waals surface area contributed by atoms with E-state index in [9.17, 15) is 15.0 Å². The lowest BCUT2D eigenvalue weighted by atomic mass is 10.1.